The number of anilines is 1. The summed E-state index contributed by atoms with van der Waals surface area (Å²) < 4.78 is 6.50. The van der Waals surface area contributed by atoms with Crippen LogP contribution in [0.1, 0.15) is 74.1 Å². The highest BCUT2D eigenvalue weighted by Crippen LogP contribution is 2.26. The van der Waals surface area contributed by atoms with Gasteiger partial charge in [-0.2, -0.15) is 0 Å². The van der Waals surface area contributed by atoms with E-state index in [1.807, 2.05) is 20.8 Å². The van der Waals surface area contributed by atoms with E-state index in [0.717, 1.165) is 12.8 Å². The van der Waals surface area contributed by atoms with Gasteiger partial charge >= 0.3 is 0 Å². The third-order valence-corrected chi connectivity index (χ3v) is 5.37. The summed E-state index contributed by atoms with van der Waals surface area (Å²) in [6, 6.07) is 12.1. The van der Waals surface area contributed by atoms with Gasteiger partial charge in [0.1, 0.15) is 5.75 Å². The molecule has 0 bridgehead atoms. The number of rotatable bonds is 9. The molecule has 2 amide bonds. The van der Waals surface area contributed by atoms with Gasteiger partial charge in [0, 0.05) is 22.4 Å². The fourth-order valence-electron chi connectivity index (χ4n) is 2.96. The molecule has 0 saturated heterocycles. The lowest BCUT2D eigenvalue weighted by atomic mass is 10.1. The molecular weight excluding hydrogens is 502 g/mol. The first-order chi connectivity index (χ1) is 15.6. The van der Waals surface area contributed by atoms with Crippen LogP contribution in [0, 0.1) is 0 Å². The zero-order valence-electron chi connectivity index (χ0n) is 19.6. The van der Waals surface area contributed by atoms with Crippen LogP contribution in [0.2, 0.25) is 0 Å². The number of unbranched alkanes of at least 4 members (excludes halogenated alkanes) is 3. The molecule has 0 aromatic heterocycles. The second-order valence-electron chi connectivity index (χ2n) is 8.75. The average Bonchev–Trinajstić information content (AvgIpc) is 2.73. The molecule has 8 heteroatoms. The second kappa shape index (κ2) is 12.7. The minimum atomic E-state index is -0.343. The molecule has 0 aliphatic heterocycles. The molecule has 178 valence electrons. The number of ether oxygens (including phenoxy) is 1. The molecule has 0 heterocycles. The highest BCUT2D eigenvalue weighted by atomic mass is 79.9. The van der Waals surface area contributed by atoms with Crippen molar-refractivity contribution in [2.75, 3.05) is 11.9 Å². The van der Waals surface area contributed by atoms with Crippen LogP contribution in [0.15, 0.2) is 46.9 Å². The molecule has 2 rings (SSSR count). The largest absolute Gasteiger partial charge is 0.492 e. The molecule has 33 heavy (non-hydrogen) atoms. The highest BCUT2D eigenvalue weighted by Gasteiger charge is 2.16. The maximum absolute atomic E-state index is 12.6. The maximum Gasteiger partial charge on any atom is 0.257 e. The number of thiocarbonyl (C=S) groups is 1. The second-order valence-corrected chi connectivity index (χ2v) is 10.0. The number of hydrogen-bond acceptors (Lipinski definition) is 4. The van der Waals surface area contributed by atoms with E-state index in [-0.39, 0.29) is 22.5 Å². The highest BCUT2D eigenvalue weighted by molar-refractivity contribution is 9.10. The summed E-state index contributed by atoms with van der Waals surface area (Å²) >= 11 is 8.75. The predicted molar refractivity (Wildman–Crippen MR) is 141 cm³/mol. The van der Waals surface area contributed by atoms with E-state index < -0.39 is 0 Å². The van der Waals surface area contributed by atoms with E-state index in [2.05, 4.69) is 38.8 Å². The topological polar surface area (TPSA) is 79.5 Å². The van der Waals surface area contributed by atoms with Crippen molar-refractivity contribution in [3.05, 3.63) is 58.1 Å². The minimum absolute atomic E-state index is 0.140. The molecule has 0 unspecified atom stereocenters. The van der Waals surface area contributed by atoms with Gasteiger partial charge in [-0.1, -0.05) is 32.3 Å². The van der Waals surface area contributed by atoms with Gasteiger partial charge < -0.3 is 15.4 Å². The quantitative estimate of drug-likeness (QED) is 0.269. The normalized spacial score (nSPS) is 10.9. The Bertz CT molecular complexity index is 989. The molecule has 2 aromatic carbocycles. The third-order valence-electron chi connectivity index (χ3n) is 4.55. The molecule has 0 aliphatic carbocycles. The van der Waals surface area contributed by atoms with Crippen molar-refractivity contribution < 1.29 is 14.3 Å². The average molecular weight is 535 g/mol. The van der Waals surface area contributed by atoms with Crippen LogP contribution in [-0.4, -0.2) is 29.1 Å². The first kappa shape index (κ1) is 26.8. The molecule has 0 spiro atoms. The standard InChI is InChI=1S/C25H32BrN3O3S/c1-5-6-7-8-14-32-21-13-12-18(16-20(21)26)22(30)28-24(33)27-19-11-9-10-17(15-19)23(31)29-25(2,3)4/h9-13,15-16H,5-8,14H2,1-4H3,(H,29,31)(H2,27,28,30,33). The molecule has 6 nitrogen and oxygen atoms in total. The van der Waals surface area contributed by atoms with Crippen LogP contribution in [0.4, 0.5) is 5.69 Å². The van der Waals surface area contributed by atoms with Gasteiger partial charge in [0.2, 0.25) is 0 Å². The number of amides is 2. The minimum Gasteiger partial charge on any atom is -0.492 e. The van der Waals surface area contributed by atoms with Gasteiger partial charge in [-0.25, -0.2) is 0 Å². The van der Waals surface area contributed by atoms with Crippen molar-refractivity contribution in [2.24, 2.45) is 0 Å². The molecular formula is C25H32BrN3O3S. The SMILES string of the molecule is CCCCCCOc1ccc(C(=O)NC(=S)Nc2cccc(C(=O)NC(C)(C)C)c2)cc1Br. The van der Waals surface area contributed by atoms with Crippen LogP contribution in [-0.2, 0) is 0 Å². The smallest absolute Gasteiger partial charge is 0.257 e. The summed E-state index contributed by atoms with van der Waals surface area (Å²) in [5.41, 5.74) is 1.21. The summed E-state index contributed by atoms with van der Waals surface area (Å²) in [7, 11) is 0. The van der Waals surface area contributed by atoms with Crippen LogP contribution >= 0.6 is 28.1 Å². The van der Waals surface area contributed by atoms with E-state index in [1.54, 1.807) is 42.5 Å². The molecule has 0 fully saturated rings. The summed E-state index contributed by atoms with van der Waals surface area (Å²) in [6.45, 7) is 8.57. The maximum atomic E-state index is 12.6. The predicted octanol–water partition coefficient (Wildman–Crippen LogP) is 6.06. The van der Waals surface area contributed by atoms with E-state index in [9.17, 15) is 9.59 Å². The van der Waals surface area contributed by atoms with Crippen LogP contribution in [0.5, 0.6) is 5.75 Å². The summed E-state index contributed by atoms with van der Waals surface area (Å²) in [5.74, 6) is 0.178. The van der Waals surface area contributed by atoms with E-state index in [4.69, 9.17) is 17.0 Å². The van der Waals surface area contributed by atoms with Gasteiger partial charge in [0.25, 0.3) is 11.8 Å². The summed E-state index contributed by atoms with van der Waals surface area (Å²) in [4.78, 5) is 25.0. The fourth-order valence-corrected chi connectivity index (χ4v) is 3.66. The Morgan fingerprint density at radius 1 is 1.00 bits per heavy atom. The Balaban J connectivity index is 1.93. The molecule has 0 atom stereocenters. The zero-order chi connectivity index (χ0) is 24.4. The van der Waals surface area contributed by atoms with Gasteiger partial charge in [-0.05, 0) is 91.7 Å². The third kappa shape index (κ3) is 9.52. The lowest BCUT2D eigenvalue weighted by Gasteiger charge is -2.20. The Morgan fingerprint density at radius 3 is 2.39 bits per heavy atom. The summed E-state index contributed by atoms with van der Waals surface area (Å²) in [6.07, 6.45) is 4.53. The number of halogens is 1. The van der Waals surface area contributed by atoms with E-state index in [1.165, 1.54) is 12.8 Å². The van der Waals surface area contributed by atoms with Crippen molar-refractivity contribution in [2.45, 2.75) is 58.9 Å². The number of carbonyl (C=O) groups is 2. The zero-order valence-corrected chi connectivity index (χ0v) is 22.0. The first-order valence-corrected chi connectivity index (χ1v) is 12.3. The van der Waals surface area contributed by atoms with Crippen LogP contribution in [0.3, 0.4) is 0 Å². The van der Waals surface area contributed by atoms with Gasteiger partial charge in [0.05, 0.1) is 11.1 Å². The Labute approximate surface area is 210 Å². The molecule has 3 N–H and O–H groups in total. The van der Waals surface area contributed by atoms with Crippen LogP contribution < -0.4 is 20.7 Å². The summed E-state index contributed by atoms with van der Waals surface area (Å²) in [5, 5.41) is 8.67. The number of benzene rings is 2. The lowest BCUT2D eigenvalue weighted by molar-refractivity contribution is 0.0918. The van der Waals surface area contributed by atoms with Gasteiger partial charge in [-0.15, -0.1) is 0 Å². The Kier molecular flexibility index (Phi) is 10.3. The van der Waals surface area contributed by atoms with E-state index >= 15 is 0 Å². The van der Waals surface area contributed by atoms with E-state index in [0.29, 0.717) is 33.6 Å². The van der Waals surface area contributed by atoms with Gasteiger partial charge in [-0.3, -0.25) is 14.9 Å². The molecule has 0 radical (unpaired) electrons. The lowest BCUT2D eigenvalue weighted by Crippen LogP contribution is -2.40. The Hall–Kier alpha value is -2.45. The van der Waals surface area contributed by atoms with Crippen LogP contribution in [0.25, 0.3) is 0 Å². The Morgan fingerprint density at radius 2 is 1.73 bits per heavy atom. The monoisotopic (exact) mass is 533 g/mol. The van der Waals surface area contributed by atoms with Crippen molar-refractivity contribution >= 4 is 50.8 Å². The van der Waals surface area contributed by atoms with Crippen molar-refractivity contribution in [3.8, 4) is 5.75 Å². The number of hydrogen-bond donors (Lipinski definition) is 3. The van der Waals surface area contributed by atoms with Gasteiger partial charge in [0.15, 0.2) is 5.11 Å². The van der Waals surface area contributed by atoms with Crippen molar-refractivity contribution in [1.82, 2.24) is 10.6 Å². The number of carbonyl (C=O) groups excluding carboxylic acids is 2. The number of nitrogens with one attached hydrogen (secondary N) is 3. The first-order valence-electron chi connectivity index (χ1n) is 11.1. The van der Waals surface area contributed by atoms with Crippen molar-refractivity contribution in [3.63, 3.8) is 0 Å². The van der Waals surface area contributed by atoms with Crippen molar-refractivity contribution in [1.29, 1.82) is 0 Å². The molecule has 0 aliphatic rings. The molecule has 0 saturated carbocycles. The fraction of sp³-hybridized carbons (Fsp3) is 0.400. The molecule has 2 aromatic rings.